The summed E-state index contributed by atoms with van der Waals surface area (Å²) in [7, 11) is 1.76. The summed E-state index contributed by atoms with van der Waals surface area (Å²) in [5.41, 5.74) is 2.67. The number of anilines is 3. The van der Waals surface area contributed by atoms with Crippen LogP contribution >= 0.6 is 11.3 Å². The lowest BCUT2D eigenvalue weighted by Gasteiger charge is -2.34. The molecule has 2 atom stereocenters. The van der Waals surface area contributed by atoms with Gasteiger partial charge in [-0.2, -0.15) is 0 Å². The van der Waals surface area contributed by atoms with E-state index in [1.54, 1.807) is 29.1 Å². The van der Waals surface area contributed by atoms with E-state index in [1.165, 1.54) is 11.3 Å². The van der Waals surface area contributed by atoms with Gasteiger partial charge in [-0.1, -0.05) is 18.2 Å². The van der Waals surface area contributed by atoms with E-state index < -0.39 is 0 Å². The number of thiophene rings is 1. The molecule has 2 aromatic carbocycles. The van der Waals surface area contributed by atoms with Gasteiger partial charge in [0.1, 0.15) is 21.2 Å². The molecule has 3 N–H and O–H groups in total. The zero-order valence-corrected chi connectivity index (χ0v) is 24.5. The number of nitrogens with one attached hydrogen (secondary N) is 3. The number of amides is 4. The van der Waals surface area contributed by atoms with Crippen molar-refractivity contribution in [2.45, 2.75) is 38.8 Å². The van der Waals surface area contributed by atoms with Gasteiger partial charge < -0.3 is 25.6 Å². The number of ether oxygens (including phenoxy) is 1. The minimum absolute atomic E-state index is 0.0181. The average Bonchev–Trinajstić information content (AvgIpc) is 3.37. The molecule has 2 aromatic heterocycles. The van der Waals surface area contributed by atoms with E-state index in [1.807, 2.05) is 62.4 Å². The molecule has 0 aliphatic carbocycles. The van der Waals surface area contributed by atoms with Gasteiger partial charge in [-0.05, 0) is 75.7 Å². The number of likely N-dealkylation sites (N-methyl/N-ethyl adjacent to an activating group) is 1. The van der Waals surface area contributed by atoms with Crippen molar-refractivity contribution in [3.8, 4) is 11.5 Å². The first-order valence-electron chi connectivity index (χ1n) is 14.0. The summed E-state index contributed by atoms with van der Waals surface area (Å²) >= 11 is 1.25. The zero-order chi connectivity index (χ0) is 29.4. The van der Waals surface area contributed by atoms with Crippen LogP contribution in [0.5, 0.6) is 11.5 Å². The minimum atomic E-state index is -0.363. The van der Waals surface area contributed by atoms with Crippen LogP contribution in [0.15, 0.2) is 60.8 Å². The fourth-order valence-corrected chi connectivity index (χ4v) is 6.52. The van der Waals surface area contributed by atoms with Crippen LogP contribution in [-0.2, 0) is 4.79 Å². The summed E-state index contributed by atoms with van der Waals surface area (Å²) in [5, 5.41) is 9.77. The number of rotatable bonds is 7. The van der Waals surface area contributed by atoms with Gasteiger partial charge in [-0.15, -0.1) is 11.3 Å². The van der Waals surface area contributed by atoms with Crippen LogP contribution in [0.3, 0.4) is 0 Å². The Morgan fingerprint density at radius 3 is 2.69 bits per heavy atom. The number of likely N-dealkylation sites (tertiary alicyclic amines) is 1. The Hall–Kier alpha value is -4.48. The second-order valence-electron chi connectivity index (χ2n) is 10.6. The summed E-state index contributed by atoms with van der Waals surface area (Å²) in [6, 6.07) is 16.1. The molecule has 0 unspecified atom stereocenters. The van der Waals surface area contributed by atoms with Crippen molar-refractivity contribution in [3.05, 3.63) is 71.2 Å². The van der Waals surface area contributed by atoms with E-state index >= 15 is 0 Å². The summed E-state index contributed by atoms with van der Waals surface area (Å²) < 4.78 is 5.97. The maximum absolute atomic E-state index is 13.6. The van der Waals surface area contributed by atoms with E-state index in [4.69, 9.17) is 4.74 Å². The topological polar surface area (TPSA) is 116 Å². The molecule has 1 fully saturated rings. The lowest BCUT2D eigenvalue weighted by atomic mass is 10.0. The van der Waals surface area contributed by atoms with Crippen LogP contribution < -0.4 is 25.6 Å². The lowest BCUT2D eigenvalue weighted by molar-refractivity contribution is -0.134. The second-order valence-corrected chi connectivity index (χ2v) is 11.6. The van der Waals surface area contributed by atoms with Crippen LogP contribution in [0, 0.1) is 6.92 Å². The van der Waals surface area contributed by atoms with Crippen molar-refractivity contribution >= 4 is 56.5 Å². The summed E-state index contributed by atoms with van der Waals surface area (Å²) in [4.78, 5) is 48.8. The van der Waals surface area contributed by atoms with E-state index in [2.05, 4.69) is 20.9 Å². The molecule has 1 saturated heterocycles. The Kier molecular flexibility index (Phi) is 7.53. The molecule has 2 aliphatic rings. The van der Waals surface area contributed by atoms with Crippen molar-refractivity contribution in [1.29, 1.82) is 0 Å². The van der Waals surface area contributed by atoms with Gasteiger partial charge in [0.25, 0.3) is 5.91 Å². The van der Waals surface area contributed by atoms with Crippen LogP contribution in [0.2, 0.25) is 0 Å². The van der Waals surface area contributed by atoms with Gasteiger partial charge in [0.05, 0.1) is 28.5 Å². The van der Waals surface area contributed by atoms with Crippen LogP contribution in [0.25, 0.3) is 10.2 Å². The SMILES string of the molecule is CN[C@H](C)C(=O)N1CCC[C@@H](NC(=O)c2sc3nccc4c3c2NC(=O)N4c2ccc(Oc3ccccc3)cc2C)C1. The fourth-order valence-electron chi connectivity index (χ4n) is 5.49. The van der Waals surface area contributed by atoms with E-state index in [0.29, 0.717) is 45.6 Å². The van der Waals surface area contributed by atoms with Gasteiger partial charge in [0.2, 0.25) is 5.91 Å². The first-order valence-corrected chi connectivity index (χ1v) is 14.8. The van der Waals surface area contributed by atoms with E-state index in [0.717, 1.165) is 29.5 Å². The molecular formula is C31H32N6O4S. The molecule has 0 radical (unpaired) electrons. The molecule has 0 saturated carbocycles. The van der Waals surface area contributed by atoms with Crippen molar-refractivity contribution in [2.24, 2.45) is 0 Å². The molecule has 4 heterocycles. The average molecular weight is 585 g/mol. The van der Waals surface area contributed by atoms with Crippen LogP contribution in [0.1, 0.15) is 35.0 Å². The highest BCUT2D eigenvalue weighted by molar-refractivity contribution is 7.21. The summed E-state index contributed by atoms with van der Waals surface area (Å²) in [6.45, 7) is 4.88. The normalized spacial score (nSPS) is 17.1. The Bertz CT molecular complexity index is 1670. The number of aromatic nitrogens is 1. The number of hydrogen-bond donors (Lipinski definition) is 3. The first-order chi connectivity index (χ1) is 20.3. The number of para-hydroxylation sites is 1. The Morgan fingerprint density at radius 2 is 1.93 bits per heavy atom. The Labute approximate surface area is 247 Å². The molecule has 216 valence electrons. The van der Waals surface area contributed by atoms with E-state index in [9.17, 15) is 14.4 Å². The van der Waals surface area contributed by atoms with Gasteiger partial charge >= 0.3 is 6.03 Å². The van der Waals surface area contributed by atoms with Crippen molar-refractivity contribution < 1.29 is 19.1 Å². The third-order valence-electron chi connectivity index (χ3n) is 7.71. The predicted molar refractivity (Wildman–Crippen MR) is 164 cm³/mol. The van der Waals surface area contributed by atoms with Crippen molar-refractivity contribution in [3.63, 3.8) is 0 Å². The minimum Gasteiger partial charge on any atom is -0.457 e. The maximum atomic E-state index is 13.6. The lowest BCUT2D eigenvalue weighted by Crippen LogP contribution is -2.53. The predicted octanol–water partition coefficient (Wildman–Crippen LogP) is 5.41. The first kappa shape index (κ1) is 27.7. The Balaban J connectivity index is 1.26. The monoisotopic (exact) mass is 584 g/mol. The Morgan fingerprint density at radius 1 is 1.12 bits per heavy atom. The summed E-state index contributed by atoms with van der Waals surface area (Å²) in [6.07, 6.45) is 3.23. The quantitative estimate of drug-likeness (QED) is 0.268. The molecule has 42 heavy (non-hydrogen) atoms. The highest BCUT2D eigenvalue weighted by Gasteiger charge is 2.34. The van der Waals surface area contributed by atoms with Crippen LogP contribution in [-0.4, -0.2) is 60.0 Å². The third kappa shape index (κ3) is 5.17. The van der Waals surface area contributed by atoms with Gasteiger partial charge in [0, 0.05) is 25.3 Å². The molecule has 0 spiro atoms. The smallest absolute Gasteiger partial charge is 0.331 e. The standard InChI is InChI=1S/C31H32N6O4S/c1-18-16-22(41-21-9-5-4-6-10-21)11-12-23(18)37-24-13-14-33-29-25(24)26(35-31(37)40)27(42-29)28(38)34-20-8-7-15-36(17-20)30(39)19(2)32-3/h4-6,9-14,16,19-20,32H,7-8,15,17H2,1-3H3,(H,34,38)(H,35,40)/t19-,20-/m1/s1. The van der Waals surface area contributed by atoms with Gasteiger partial charge in [0.15, 0.2) is 0 Å². The fraction of sp³-hybridized carbons (Fsp3) is 0.290. The number of urea groups is 1. The number of hydrogen-bond acceptors (Lipinski definition) is 7. The number of piperidine rings is 1. The zero-order valence-electron chi connectivity index (χ0n) is 23.6. The highest BCUT2D eigenvalue weighted by atomic mass is 32.1. The molecule has 2 aliphatic heterocycles. The molecule has 4 amide bonds. The number of carbonyl (C=O) groups excluding carboxylic acids is 3. The number of benzene rings is 2. The number of pyridine rings is 1. The molecule has 11 heteroatoms. The molecule has 4 aromatic rings. The summed E-state index contributed by atoms with van der Waals surface area (Å²) in [5.74, 6) is 1.13. The molecule has 0 bridgehead atoms. The molecule has 6 rings (SSSR count). The molecule has 10 nitrogen and oxygen atoms in total. The van der Waals surface area contributed by atoms with Crippen LogP contribution in [0.4, 0.5) is 21.9 Å². The largest absolute Gasteiger partial charge is 0.457 e. The third-order valence-corrected chi connectivity index (χ3v) is 8.81. The van der Waals surface area contributed by atoms with E-state index in [-0.39, 0.29) is 29.9 Å². The second kappa shape index (κ2) is 11.4. The van der Waals surface area contributed by atoms with Gasteiger partial charge in [-0.25, -0.2) is 9.78 Å². The molecular weight excluding hydrogens is 552 g/mol. The van der Waals surface area contributed by atoms with Crippen molar-refractivity contribution in [1.82, 2.24) is 20.5 Å². The number of nitrogens with zero attached hydrogens (tertiary/aromatic N) is 3. The van der Waals surface area contributed by atoms with Gasteiger partial charge in [-0.3, -0.25) is 14.5 Å². The maximum Gasteiger partial charge on any atom is 0.331 e. The van der Waals surface area contributed by atoms with Crippen molar-refractivity contribution in [2.75, 3.05) is 30.4 Å². The number of aryl methyl sites for hydroxylation is 1. The number of carbonyl (C=O) groups is 3. The highest BCUT2D eigenvalue weighted by Crippen LogP contribution is 2.46.